The van der Waals surface area contributed by atoms with E-state index in [0.29, 0.717) is 0 Å². The van der Waals surface area contributed by atoms with Crippen LogP contribution in [0.25, 0.3) is 27.5 Å². The third kappa shape index (κ3) is 2.37. The van der Waals surface area contributed by atoms with E-state index in [9.17, 15) is 0 Å². The average molecular weight is 359 g/mol. The summed E-state index contributed by atoms with van der Waals surface area (Å²) in [7, 11) is 2.06. The second-order valence-corrected chi connectivity index (χ2v) is 7.30. The van der Waals surface area contributed by atoms with Crippen LogP contribution in [-0.4, -0.2) is 24.1 Å². The van der Waals surface area contributed by atoms with Crippen molar-refractivity contribution in [3.63, 3.8) is 0 Å². The molecule has 0 bridgehead atoms. The highest BCUT2D eigenvalue weighted by molar-refractivity contribution is 7.98. The summed E-state index contributed by atoms with van der Waals surface area (Å²) >= 11 is 1.67. The molecule has 26 heavy (non-hydrogen) atoms. The second-order valence-electron chi connectivity index (χ2n) is 6.36. The van der Waals surface area contributed by atoms with Gasteiger partial charge in [0.05, 0.1) is 33.5 Å². The third-order valence-corrected chi connectivity index (χ3v) is 5.54. The van der Waals surface area contributed by atoms with Gasteiger partial charge in [-0.1, -0.05) is 42.1 Å². The standard InChI is InChI=1S/C20H17N5S/c1-13-11-18-14-7-3-4-8-15(14)22-20(25(18)23-13)26-12-19-21-16-9-5-6-10-17(16)24(19)2/h3-11H,12H2,1-2H3. The van der Waals surface area contributed by atoms with Crippen LogP contribution >= 0.6 is 11.8 Å². The van der Waals surface area contributed by atoms with E-state index in [-0.39, 0.29) is 0 Å². The summed E-state index contributed by atoms with van der Waals surface area (Å²) in [6.45, 7) is 2.02. The quantitative estimate of drug-likeness (QED) is 0.354. The Morgan fingerprint density at radius 3 is 2.54 bits per heavy atom. The first-order valence-electron chi connectivity index (χ1n) is 8.49. The van der Waals surface area contributed by atoms with Gasteiger partial charge < -0.3 is 4.57 Å². The molecule has 0 aliphatic heterocycles. The summed E-state index contributed by atoms with van der Waals surface area (Å²) in [4.78, 5) is 9.60. The number of thioether (sulfide) groups is 1. The van der Waals surface area contributed by atoms with Gasteiger partial charge in [0.15, 0.2) is 5.16 Å². The Hall–Kier alpha value is -2.86. The maximum Gasteiger partial charge on any atom is 0.190 e. The number of hydrogen-bond donors (Lipinski definition) is 0. The van der Waals surface area contributed by atoms with Crippen LogP contribution < -0.4 is 0 Å². The highest BCUT2D eigenvalue weighted by Gasteiger charge is 2.13. The van der Waals surface area contributed by atoms with Gasteiger partial charge in [0.2, 0.25) is 0 Å². The minimum absolute atomic E-state index is 0.741. The highest BCUT2D eigenvalue weighted by atomic mass is 32.2. The van der Waals surface area contributed by atoms with Crippen molar-refractivity contribution < 1.29 is 0 Å². The first-order chi connectivity index (χ1) is 12.7. The smallest absolute Gasteiger partial charge is 0.190 e. The van der Waals surface area contributed by atoms with Gasteiger partial charge in [-0.05, 0) is 31.2 Å². The molecule has 0 spiro atoms. The predicted molar refractivity (Wildman–Crippen MR) is 106 cm³/mol. The Morgan fingerprint density at radius 1 is 0.923 bits per heavy atom. The lowest BCUT2D eigenvalue weighted by molar-refractivity contribution is 0.794. The molecule has 0 N–H and O–H groups in total. The van der Waals surface area contributed by atoms with Crippen molar-refractivity contribution in [2.24, 2.45) is 7.05 Å². The first-order valence-corrected chi connectivity index (χ1v) is 9.47. The molecule has 2 aromatic carbocycles. The zero-order chi connectivity index (χ0) is 17.7. The fraction of sp³-hybridized carbons (Fsp3) is 0.150. The molecule has 3 aromatic heterocycles. The average Bonchev–Trinajstić information content (AvgIpc) is 3.20. The Labute approximate surface area is 154 Å². The fourth-order valence-electron chi connectivity index (χ4n) is 3.32. The molecule has 0 saturated carbocycles. The highest BCUT2D eigenvalue weighted by Crippen LogP contribution is 2.28. The Balaban J connectivity index is 1.58. The van der Waals surface area contributed by atoms with Gasteiger partial charge in [-0.3, -0.25) is 0 Å². The molecule has 3 heterocycles. The third-order valence-electron chi connectivity index (χ3n) is 4.62. The number of fused-ring (bicyclic) bond motifs is 4. The van der Waals surface area contributed by atoms with Crippen molar-refractivity contribution in [1.82, 2.24) is 24.1 Å². The maximum absolute atomic E-state index is 4.84. The molecule has 5 aromatic rings. The molecule has 5 nitrogen and oxygen atoms in total. The molecule has 0 fully saturated rings. The van der Waals surface area contributed by atoms with Crippen LogP contribution in [-0.2, 0) is 12.8 Å². The molecule has 0 saturated heterocycles. The van der Waals surface area contributed by atoms with Crippen molar-refractivity contribution in [3.8, 4) is 0 Å². The Morgan fingerprint density at radius 2 is 1.69 bits per heavy atom. The van der Waals surface area contributed by atoms with Crippen LogP contribution in [0.4, 0.5) is 0 Å². The lowest BCUT2D eigenvalue weighted by atomic mass is 10.2. The van der Waals surface area contributed by atoms with E-state index in [1.807, 2.05) is 41.8 Å². The summed E-state index contributed by atoms with van der Waals surface area (Å²) < 4.78 is 4.10. The topological polar surface area (TPSA) is 48.0 Å². The molecule has 0 aliphatic rings. The fourth-order valence-corrected chi connectivity index (χ4v) is 4.26. The molecule has 128 valence electrons. The predicted octanol–water partition coefficient (Wildman–Crippen LogP) is 4.37. The van der Waals surface area contributed by atoms with Crippen LogP contribution in [0.15, 0.2) is 59.8 Å². The zero-order valence-electron chi connectivity index (χ0n) is 14.5. The van der Waals surface area contributed by atoms with Crippen LogP contribution in [0, 0.1) is 6.92 Å². The van der Waals surface area contributed by atoms with Gasteiger partial charge in [0, 0.05) is 12.4 Å². The van der Waals surface area contributed by atoms with Crippen LogP contribution in [0.2, 0.25) is 0 Å². The van der Waals surface area contributed by atoms with Crippen LogP contribution in [0.3, 0.4) is 0 Å². The van der Waals surface area contributed by atoms with Crippen molar-refractivity contribution in [2.45, 2.75) is 17.8 Å². The molecule has 0 aliphatic carbocycles. The monoisotopic (exact) mass is 359 g/mol. The van der Waals surface area contributed by atoms with Gasteiger partial charge in [0.25, 0.3) is 0 Å². The van der Waals surface area contributed by atoms with Gasteiger partial charge >= 0.3 is 0 Å². The number of aryl methyl sites for hydroxylation is 2. The summed E-state index contributed by atoms with van der Waals surface area (Å²) in [5, 5.41) is 6.66. The number of rotatable bonds is 3. The minimum Gasteiger partial charge on any atom is -0.330 e. The maximum atomic E-state index is 4.84. The summed E-state index contributed by atoms with van der Waals surface area (Å²) in [5.41, 5.74) is 5.26. The molecular weight excluding hydrogens is 342 g/mol. The first kappa shape index (κ1) is 15.4. The number of aromatic nitrogens is 5. The largest absolute Gasteiger partial charge is 0.330 e. The van der Waals surface area contributed by atoms with Gasteiger partial charge in [-0.2, -0.15) is 5.10 Å². The Bertz CT molecular complexity index is 1270. The van der Waals surface area contributed by atoms with E-state index in [2.05, 4.69) is 41.0 Å². The SMILES string of the molecule is Cc1cc2c3ccccc3nc(SCc3nc4ccccc4n3C)n2n1. The normalized spacial score (nSPS) is 11.8. The molecule has 0 atom stereocenters. The van der Waals surface area contributed by atoms with Crippen molar-refractivity contribution in [3.05, 3.63) is 66.1 Å². The van der Waals surface area contributed by atoms with E-state index in [0.717, 1.165) is 49.9 Å². The van der Waals surface area contributed by atoms with Crippen LogP contribution in [0.5, 0.6) is 0 Å². The lowest BCUT2D eigenvalue weighted by Crippen LogP contribution is -2.00. The van der Waals surface area contributed by atoms with E-state index in [4.69, 9.17) is 9.97 Å². The number of hydrogen-bond acceptors (Lipinski definition) is 4. The van der Waals surface area contributed by atoms with E-state index < -0.39 is 0 Å². The molecular formula is C20H17N5S. The minimum atomic E-state index is 0.741. The number of benzene rings is 2. The van der Waals surface area contributed by atoms with E-state index in [1.54, 1.807) is 11.8 Å². The molecule has 0 unspecified atom stereocenters. The summed E-state index contributed by atoms with van der Waals surface area (Å²) in [6, 6.07) is 18.5. The number of imidazole rings is 1. The second kappa shape index (κ2) is 5.85. The summed E-state index contributed by atoms with van der Waals surface area (Å²) in [6.07, 6.45) is 0. The molecule has 0 amide bonds. The molecule has 5 rings (SSSR count). The molecule has 0 radical (unpaired) electrons. The van der Waals surface area contributed by atoms with Gasteiger partial charge in [-0.15, -0.1) is 0 Å². The zero-order valence-corrected chi connectivity index (χ0v) is 15.4. The van der Waals surface area contributed by atoms with Crippen molar-refractivity contribution >= 4 is 39.2 Å². The van der Waals surface area contributed by atoms with E-state index in [1.165, 1.54) is 0 Å². The van der Waals surface area contributed by atoms with Crippen LogP contribution in [0.1, 0.15) is 11.5 Å². The van der Waals surface area contributed by atoms with Crippen molar-refractivity contribution in [2.75, 3.05) is 0 Å². The number of nitrogens with zero attached hydrogens (tertiary/aromatic N) is 5. The van der Waals surface area contributed by atoms with Gasteiger partial charge in [0.1, 0.15) is 5.82 Å². The number of para-hydroxylation sites is 3. The lowest BCUT2D eigenvalue weighted by Gasteiger charge is -2.07. The molecule has 6 heteroatoms. The van der Waals surface area contributed by atoms with E-state index >= 15 is 0 Å². The Kier molecular flexibility index (Phi) is 3.46. The van der Waals surface area contributed by atoms with Gasteiger partial charge in [-0.25, -0.2) is 14.5 Å². The summed E-state index contributed by atoms with van der Waals surface area (Å²) in [5.74, 6) is 1.77. The van der Waals surface area contributed by atoms with Crippen molar-refractivity contribution in [1.29, 1.82) is 0 Å².